The van der Waals surface area contributed by atoms with E-state index >= 15 is 0 Å². The van der Waals surface area contributed by atoms with E-state index in [1.807, 2.05) is 36.1 Å². The minimum Gasteiger partial charge on any atom is -0.387 e. The van der Waals surface area contributed by atoms with Crippen LogP contribution in [0.2, 0.25) is 0 Å². The first kappa shape index (κ1) is 33.0. The van der Waals surface area contributed by atoms with E-state index in [0.29, 0.717) is 47.9 Å². The maximum absolute atomic E-state index is 13.3. The Labute approximate surface area is 266 Å². The van der Waals surface area contributed by atoms with Crippen molar-refractivity contribution in [3.8, 4) is 0 Å². The summed E-state index contributed by atoms with van der Waals surface area (Å²) in [7, 11) is 0. The zero-order valence-corrected chi connectivity index (χ0v) is 26.5. The van der Waals surface area contributed by atoms with E-state index in [1.165, 1.54) is 5.56 Å². The molecule has 4 rings (SSSR count). The lowest BCUT2D eigenvalue weighted by atomic mass is 9.97. The fourth-order valence-corrected chi connectivity index (χ4v) is 5.45. The Kier molecular flexibility index (Phi) is 11.5. The average Bonchev–Trinajstić information content (AvgIpc) is 3.22. The number of carbonyl (C=O) groups is 3. The fraction of sp³-hybridized carbons (Fsp3) is 0.333. The highest BCUT2D eigenvalue weighted by Gasteiger charge is 2.24. The molecule has 5 N–H and O–H groups in total. The molecule has 9 nitrogen and oxygen atoms in total. The van der Waals surface area contributed by atoms with Gasteiger partial charge in [0.1, 0.15) is 11.9 Å². The SMILES string of the molecule is C=C/C(=C\C(=C/C)NC(=O)c1ccc2c(c1)N=C(N)CC(C(=O)N(CCC)CCC)=C2)CNC(=O)C1CCc2ccccc2N1. The lowest BCUT2D eigenvalue weighted by Gasteiger charge is -2.26. The molecule has 0 bridgehead atoms. The molecule has 2 aliphatic rings. The molecule has 0 spiro atoms. The Morgan fingerprint density at radius 3 is 2.60 bits per heavy atom. The molecule has 0 aromatic heterocycles. The maximum Gasteiger partial charge on any atom is 0.255 e. The average molecular weight is 609 g/mol. The molecule has 236 valence electrons. The van der Waals surface area contributed by atoms with Gasteiger partial charge in [-0.25, -0.2) is 4.99 Å². The Morgan fingerprint density at radius 2 is 1.89 bits per heavy atom. The van der Waals surface area contributed by atoms with E-state index < -0.39 is 0 Å². The van der Waals surface area contributed by atoms with Gasteiger partial charge in [0, 0.05) is 54.1 Å². The van der Waals surface area contributed by atoms with Crippen molar-refractivity contribution in [3.63, 3.8) is 0 Å². The maximum atomic E-state index is 13.3. The number of hydrogen-bond acceptors (Lipinski definition) is 6. The summed E-state index contributed by atoms with van der Waals surface area (Å²) in [4.78, 5) is 45.8. The fourth-order valence-electron chi connectivity index (χ4n) is 5.45. The first-order chi connectivity index (χ1) is 21.8. The minimum atomic E-state index is -0.324. The number of nitrogens with two attached hydrogens (primary N) is 1. The lowest BCUT2D eigenvalue weighted by Crippen LogP contribution is -2.42. The summed E-state index contributed by atoms with van der Waals surface area (Å²) < 4.78 is 0. The van der Waals surface area contributed by atoms with Gasteiger partial charge < -0.3 is 26.6 Å². The van der Waals surface area contributed by atoms with Crippen LogP contribution in [0.1, 0.15) is 67.9 Å². The van der Waals surface area contributed by atoms with Crippen molar-refractivity contribution in [2.45, 2.75) is 58.9 Å². The van der Waals surface area contributed by atoms with Gasteiger partial charge in [0.2, 0.25) is 11.8 Å². The third-order valence-corrected chi connectivity index (χ3v) is 7.81. The minimum absolute atomic E-state index is 0.0365. The molecule has 0 radical (unpaired) electrons. The second-order valence-corrected chi connectivity index (χ2v) is 11.2. The molecule has 0 saturated carbocycles. The molecule has 1 atom stereocenters. The van der Waals surface area contributed by atoms with Crippen molar-refractivity contribution in [1.82, 2.24) is 15.5 Å². The number of allylic oxidation sites excluding steroid dienone is 2. The van der Waals surface area contributed by atoms with Gasteiger partial charge in [0.25, 0.3) is 5.91 Å². The molecule has 2 heterocycles. The predicted molar refractivity (Wildman–Crippen MR) is 182 cm³/mol. The summed E-state index contributed by atoms with van der Waals surface area (Å²) in [6, 6.07) is 12.9. The standard InChI is InChI=1S/C36H44N6O3/c1-5-17-42(18-6-2)36(45)28-20-26-13-14-27(21-32(26)41-33(37)22-28)34(43)39-29(8-4)19-24(7-3)23-38-35(44)31-16-15-25-11-9-10-12-30(25)40-31/h7-14,19-21,31,40H,3,5-6,15-18,22-23H2,1-2,4H3,(H2,37,41)(H,38,44)(H,39,43)/b24-19+,29-8+. The van der Waals surface area contributed by atoms with Crippen molar-refractivity contribution in [2.75, 3.05) is 25.0 Å². The molecule has 0 fully saturated rings. The zero-order chi connectivity index (χ0) is 32.3. The van der Waals surface area contributed by atoms with Gasteiger partial charge in [-0.05, 0) is 74.1 Å². The molecule has 9 heteroatoms. The van der Waals surface area contributed by atoms with Crippen LogP contribution in [0.15, 0.2) is 89.1 Å². The number of aliphatic imine (C=N–C) groups is 1. The lowest BCUT2D eigenvalue weighted by molar-refractivity contribution is -0.127. The first-order valence-electron chi connectivity index (χ1n) is 15.7. The second kappa shape index (κ2) is 15.7. The number of amidine groups is 1. The molecule has 2 aromatic carbocycles. The number of fused-ring (bicyclic) bond motifs is 2. The smallest absolute Gasteiger partial charge is 0.255 e. The van der Waals surface area contributed by atoms with E-state index in [2.05, 4.69) is 47.4 Å². The van der Waals surface area contributed by atoms with Crippen LogP contribution >= 0.6 is 0 Å². The van der Waals surface area contributed by atoms with Gasteiger partial charge in [0.05, 0.1) is 5.69 Å². The highest BCUT2D eigenvalue weighted by Crippen LogP contribution is 2.29. The van der Waals surface area contributed by atoms with Gasteiger partial charge in [-0.3, -0.25) is 14.4 Å². The van der Waals surface area contributed by atoms with Crippen LogP contribution in [-0.4, -0.2) is 54.1 Å². The molecular weight excluding hydrogens is 564 g/mol. The number of carbonyl (C=O) groups excluding carboxylic acids is 3. The quantitative estimate of drug-likeness (QED) is 0.240. The third kappa shape index (κ3) is 8.59. The summed E-state index contributed by atoms with van der Waals surface area (Å²) in [6.45, 7) is 11.4. The van der Waals surface area contributed by atoms with Crippen LogP contribution in [0.4, 0.5) is 11.4 Å². The number of para-hydroxylation sites is 1. The van der Waals surface area contributed by atoms with Crippen molar-refractivity contribution < 1.29 is 14.4 Å². The molecule has 1 unspecified atom stereocenters. The highest BCUT2D eigenvalue weighted by molar-refractivity contribution is 6.06. The van der Waals surface area contributed by atoms with Gasteiger partial charge in [0.15, 0.2) is 0 Å². The molecule has 2 aromatic rings. The highest BCUT2D eigenvalue weighted by atomic mass is 16.2. The second-order valence-electron chi connectivity index (χ2n) is 11.2. The van der Waals surface area contributed by atoms with E-state index in [4.69, 9.17) is 5.73 Å². The first-order valence-corrected chi connectivity index (χ1v) is 15.7. The van der Waals surface area contributed by atoms with E-state index in [9.17, 15) is 14.4 Å². The van der Waals surface area contributed by atoms with Crippen LogP contribution in [0.5, 0.6) is 0 Å². The van der Waals surface area contributed by atoms with E-state index in [1.54, 1.807) is 36.4 Å². The van der Waals surface area contributed by atoms with Gasteiger partial charge in [-0.1, -0.05) is 56.8 Å². The number of anilines is 1. The van der Waals surface area contributed by atoms with Crippen molar-refractivity contribution in [3.05, 3.63) is 101 Å². The largest absolute Gasteiger partial charge is 0.387 e. The number of benzene rings is 2. The predicted octanol–water partition coefficient (Wildman–Crippen LogP) is 5.40. The Morgan fingerprint density at radius 1 is 1.13 bits per heavy atom. The number of aryl methyl sites for hydroxylation is 1. The summed E-state index contributed by atoms with van der Waals surface area (Å²) in [5, 5.41) is 9.24. The summed E-state index contributed by atoms with van der Waals surface area (Å²) >= 11 is 0. The van der Waals surface area contributed by atoms with E-state index in [0.717, 1.165) is 36.1 Å². The van der Waals surface area contributed by atoms with Crippen LogP contribution in [0.3, 0.4) is 0 Å². The molecule has 0 aliphatic carbocycles. The number of amides is 3. The Bertz CT molecular complexity index is 1560. The van der Waals surface area contributed by atoms with Crippen molar-refractivity contribution >= 4 is 41.0 Å². The van der Waals surface area contributed by atoms with Crippen molar-refractivity contribution in [1.29, 1.82) is 0 Å². The Balaban J connectivity index is 1.42. The number of nitrogens with zero attached hydrogens (tertiary/aromatic N) is 2. The molecule has 45 heavy (non-hydrogen) atoms. The summed E-state index contributed by atoms with van der Waals surface area (Å²) in [5.74, 6) is -0.127. The topological polar surface area (TPSA) is 129 Å². The van der Waals surface area contributed by atoms with Crippen molar-refractivity contribution in [2.24, 2.45) is 10.7 Å². The molecule has 2 aliphatic heterocycles. The van der Waals surface area contributed by atoms with Gasteiger partial charge in [-0.15, -0.1) is 0 Å². The molecule has 3 amide bonds. The summed E-state index contributed by atoms with van der Waals surface area (Å²) in [6.07, 6.45) is 10.6. The van der Waals surface area contributed by atoms with E-state index in [-0.39, 0.29) is 36.7 Å². The molecule has 0 saturated heterocycles. The number of nitrogens with one attached hydrogen (secondary N) is 3. The number of hydrogen-bond donors (Lipinski definition) is 4. The molecular formula is C36H44N6O3. The number of rotatable bonds is 12. The van der Waals surface area contributed by atoms with Crippen LogP contribution in [0, 0.1) is 0 Å². The van der Waals surface area contributed by atoms with Gasteiger partial charge in [-0.2, -0.15) is 0 Å². The summed E-state index contributed by atoms with van der Waals surface area (Å²) in [5.41, 5.74) is 12.0. The normalized spacial score (nSPS) is 16.1. The third-order valence-electron chi connectivity index (χ3n) is 7.81. The van der Waals surface area contributed by atoms with Crippen LogP contribution in [0.25, 0.3) is 6.08 Å². The Hall–Kier alpha value is -4.92. The van der Waals surface area contributed by atoms with Gasteiger partial charge >= 0.3 is 0 Å². The van der Waals surface area contributed by atoms with Crippen LogP contribution in [-0.2, 0) is 16.0 Å². The zero-order valence-electron chi connectivity index (χ0n) is 26.5. The van der Waals surface area contributed by atoms with Crippen LogP contribution < -0.4 is 21.7 Å². The monoisotopic (exact) mass is 608 g/mol.